The summed E-state index contributed by atoms with van der Waals surface area (Å²) < 4.78 is 14.0. The van der Waals surface area contributed by atoms with Crippen LogP contribution >= 0.6 is 16.1 Å². The molecule has 0 aromatic rings. The first-order chi connectivity index (χ1) is 4.93. The molecule has 1 saturated heterocycles. The zero-order valence-electron chi connectivity index (χ0n) is 5.73. The second-order valence-electron chi connectivity index (χ2n) is 2.48. The molecule has 3 amide bonds. The first-order valence-electron chi connectivity index (χ1n) is 2.91. The van der Waals surface area contributed by atoms with E-state index in [0.717, 1.165) is 10.8 Å². The predicted octanol–water partition coefficient (Wildman–Crippen LogP) is 0.576. The average molecular weight is 225 g/mol. The van der Waals surface area contributed by atoms with Crippen LogP contribution in [-0.2, 0) is 4.79 Å². The van der Waals surface area contributed by atoms with Crippen molar-refractivity contribution in [2.24, 2.45) is 0 Å². The highest BCUT2D eigenvalue weighted by atomic mass is 79.9. The summed E-state index contributed by atoms with van der Waals surface area (Å²) in [5.74, 6) is -0.891. The molecule has 4 nitrogen and oxygen atoms in total. The summed E-state index contributed by atoms with van der Waals surface area (Å²) in [5.41, 5.74) is -2.00. The fraction of sp³-hybridized carbons (Fsp3) is 0.600. The molecule has 1 rings (SSSR count). The number of rotatable bonds is 0. The zero-order valence-corrected chi connectivity index (χ0v) is 7.31. The summed E-state index contributed by atoms with van der Waals surface area (Å²) in [7, 11) is 0. The van der Waals surface area contributed by atoms with Gasteiger partial charge >= 0.3 is 6.03 Å². The van der Waals surface area contributed by atoms with E-state index in [4.69, 9.17) is 0 Å². The van der Waals surface area contributed by atoms with Gasteiger partial charge in [-0.15, -0.1) is 0 Å². The van der Waals surface area contributed by atoms with Gasteiger partial charge in [0.2, 0.25) is 5.67 Å². The van der Waals surface area contributed by atoms with Crippen LogP contribution in [0.25, 0.3) is 0 Å². The van der Waals surface area contributed by atoms with Crippen LogP contribution in [0, 0.1) is 0 Å². The smallest absolute Gasteiger partial charge is 0.274 e. The number of carbonyl (C=O) groups excluding carboxylic acids is 2. The number of hydrogen-bond donors (Lipinski definition) is 1. The molecule has 0 aromatic carbocycles. The van der Waals surface area contributed by atoms with Gasteiger partial charge in [0.05, 0.1) is 22.7 Å². The molecular formula is C5H6BrFN2O2. The summed E-state index contributed by atoms with van der Waals surface area (Å²) in [6.07, 6.45) is 0. The van der Waals surface area contributed by atoms with Gasteiger partial charge in [-0.05, 0) is 6.92 Å². The largest absolute Gasteiger partial charge is 0.334 e. The van der Waals surface area contributed by atoms with E-state index in [0.29, 0.717) is 0 Å². The highest BCUT2D eigenvalue weighted by Crippen LogP contribution is 2.19. The van der Waals surface area contributed by atoms with Gasteiger partial charge in [0.15, 0.2) is 0 Å². The van der Waals surface area contributed by atoms with Crippen LogP contribution in [0.3, 0.4) is 0 Å². The van der Waals surface area contributed by atoms with Crippen LogP contribution in [0.5, 0.6) is 0 Å². The lowest BCUT2D eigenvalue weighted by Crippen LogP contribution is -2.58. The molecule has 0 radical (unpaired) electrons. The van der Waals surface area contributed by atoms with Crippen molar-refractivity contribution in [2.45, 2.75) is 12.6 Å². The number of alkyl halides is 1. The van der Waals surface area contributed by atoms with Gasteiger partial charge in [-0.1, -0.05) is 0 Å². The van der Waals surface area contributed by atoms with Gasteiger partial charge in [0.25, 0.3) is 5.91 Å². The zero-order chi connectivity index (χ0) is 8.65. The molecule has 1 N–H and O–H groups in total. The third-order valence-corrected chi connectivity index (χ3v) is 1.92. The SMILES string of the molecule is CC1(F)CN(Br)C(=O)NC1=O. The second kappa shape index (κ2) is 2.44. The lowest BCUT2D eigenvalue weighted by Gasteiger charge is -2.29. The van der Waals surface area contributed by atoms with Crippen LogP contribution in [0.4, 0.5) is 9.18 Å². The summed E-state index contributed by atoms with van der Waals surface area (Å²) in [6.45, 7) is 0.848. The number of hydrogen-bond acceptors (Lipinski definition) is 2. The van der Waals surface area contributed by atoms with Crippen LogP contribution in [0.15, 0.2) is 0 Å². The summed E-state index contributed by atoms with van der Waals surface area (Å²) in [6, 6.07) is -0.634. The van der Waals surface area contributed by atoms with E-state index in [2.05, 4.69) is 16.1 Å². The monoisotopic (exact) mass is 224 g/mol. The minimum Gasteiger partial charge on any atom is -0.274 e. The topological polar surface area (TPSA) is 49.4 Å². The fourth-order valence-corrected chi connectivity index (χ4v) is 1.25. The van der Waals surface area contributed by atoms with Gasteiger partial charge in [-0.2, -0.15) is 0 Å². The number of imide groups is 1. The standard InChI is InChI=1S/C5H6BrFN2O2/c1-5(7)2-9(6)4(11)8-3(5)10/h2H2,1H3,(H,8,10,11). The molecule has 0 aromatic heterocycles. The summed E-state index contributed by atoms with van der Waals surface area (Å²) in [5, 5.41) is 1.85. The van der Waals surface area contributed by atoms with E-state index < -0.39 is 17.6 Å². The summed E-state index contributed by atoms with van der Waals surface area (Å²) in [4.78, 5) is 21.4. The van der Waals surface area contributed by atoms with Gasteiger partial charge in [-0.3, -0.25) is 14.0 Å². The normalized spacial score (nSPS) is 32.1. The van der Waals surface area contributed by atoms with Crippen molar-refractivity contribution in [3.8, 4) is 0 Å². The number of amides is 3. The Balaban J connectivity index is 2.79. The third kappa shape index (κ3) is 1.50. The molecule has 1 fully saturated rings. The number of urea groups is 1. The van der Waals surface area contributed by atoms with Crippen LogP contribution in [0.1, 0.15) is 6.92 Å². The van der Waals surface area contributed by atoms with Crippen molar-refractivity contribution in [1.29, 1.82) is 0 Å². The first-order valence-corrected chi connectivity index (χ1v) is 3.62. The second-order valence-corrected chi connectivity index (χ2v) is 3.33. The minimum absolute atomic E-state index is 0.266. The maximum Gasteiger partial charge on any atom is 0.334 e. The van der Waals surface area contributed by atoms with E-state index >= 15 is 0 Å². The molecule has 11 heavy (non-hydrogen) atoms. The van der Waals surface area contributed by atoms with E-state index in [1.165, 1.54) is 0 Å². The van der Waals surface area contributed by atoms with Crippen molar-refractivity contribution in [3.63, 3.8) is 0 Å². The Kier molecular flexibility index (Phi) is 1.87. The molecule has 0 spiro atoms. The molecule has 62 valence electrons. The number of halogens is 2. The maximum atomic E-state index is 13.1. The van der Waals surface area contributed by atoms with Crippen molar-refractivity contribution in [3.05, 3.63) is 0 Å². The van der Waals surface area contributed by atoms with Crippen LogP contribution in [-0.4, -0.2) is 28.1 Å². The van der Waals surface area contributed by atoms with Gasteiger partial charge < -0.3 is 0 Å². The Bertz CT molecular complexity index is 219. The van der Waals surface area contributed by atoms with Crippen molar-refractivity contribution in [1.82, 2.24) is 9.24 Å². The van der Waals surface area contributed by atoms with E-state index in [1.54, 1.807) is 0 Å². The van der Waals surface area contributed by atoms with E-state index in [1.807, 2.05) is 5.32 Å². The molecule has 1 aliphatic rings. The lowest BCUT2D eigenvalue weighted by molar-refractivity contribution is -0.132. The molecule has 0 saturated carbocycles. The molecule has 1 atom stereocenters. The predicted molar refractivity (Wildman–Crippen MR) is 38.7 cm³/mol. The molecular weight excluding hydrogens is 219 g/mol. The minimum atomic E-state index is -2.00. The number of carbonyl (C=O) groups is 2. The van der Waals surface area contributed by atoms with Gasteiger partial charge in [0.1, 0.15) is 0 Å². The Morgan fingerprint density at radius 1 is 1.73 bits per heavy atom. The Hall–Kier alpha value is -0.650. The molecule has 0 aliphatic carbocycles. The molecule has 0 bridgehead atoms. The fourth-order valence-electron chi connectivity index (χ4n) is 0.692. The van der Waals surface area contributed by atoms with Gasteiger partial charge in [0, 0.05) is 0 Å². The Morgan fingerprint density at radius 2 is 2.27 bits per heavy atom. The highest BCUT2D eigenvalue weighted by molar-refractivity contribution is 9.07. The van der Waals surface area contributed by atoms with E-state index in [9.17, 15) is 14.0 Å². The highest BCUT2D eigenvalue weighted by Gasteiger charge is 2.42. The molecule has 1 heterocycles. The van der Waals surface area contributed by atoms with Crippen molar-refractivity contribution < 1.29 is 14.0 Å². The third-order valence-electron chi connectivity index (χ3n) is 1.35. The van der Waals surface area contributed by atoms with Crippen LogP contribution < -0.4 is 5.32 Å². The van der Waals surface area contributed by atoms with Gasteiger partial charge in [-0.25, -0.2) is 9.18 Å². The lowest BCUT2D eigenvalue weighted by atomic mass is 10.1. The number of nitrogens with zero attached hydrogens (tertiary/aromatic N) is 1. The quantitative estimate of drug-likeness (QED) is 0.613. The van der Waals surface area contributed by atoms with E-state index in [-0.39, 0.29) is 6.54 Å². The Labute approximate surface area is 71.1 Å². The molecule has 6 heteroatoms. The van der Waals surface area contributed by atoms with Crippen molar-refractivity contribution >= 4 is 28.1 Å². The first kappa shape index (κ1) is 8.45. The maximum absolute atomic E-state index is 13.1. The average Bonchev–Trinajstić information content (AvgIpc) is 1.83. The number of nitrogens with one attached hydrogen (secondary N) is 1. The molecule has 1 unspecified atom stereocenters. The Morgan fingerprint density at radius 3 is 2.73 bits per heavy atom. The summed E-state index contributed by atoms with van der Waals surface area (Å²) >= 11 is 2.79. The van der Waals surface area contributed by atoms with Crippen LogP contribution in [0.2, 0.25) is 0 Å². The molecule has 1 aliphatic heterocycles. The van der Waals surface area contributed by atoms with Crippen molar-refractivity contribution in [2.75, 3.05) is 6.54 Å².